The van der Waals surface area contributed by atoms with Crippen molar-refractivity contribution in [3.63, 3.8) is 0 Å². The lowest BCUT2D eigenvalue weighted by atomic mass is 9.95. The molecule has 1 aliphatic rings. The summed E-state index contributed by atoms with van der Waals surface area (Å²) in [6, 6.07) is 7.71. The SMILES string of the molecule is COc1ccc(-c2nnc(SC(C)C(=O)NC3CCCCC3)o2)cc1. The summed E-state index contributed by atoms with van der Waals surface area (Å²) < 4.78 is 10.8. The van der Waals surface area contributed by atoms with Crippen molar-refractivity contribution in [1.82, 2.24) is 15.5 Å². The second kappa shape index (κ2) is 8.38. The number of rotatable bonds is 6. The van der Waals surface area contributed by atoms with E-state index in [1.165, 1.54) is 31.0 Å². The van der Waals surface area contributed by atoms with Gasteiger partial charge in [0.15, 0.2) is 0 Å². The molecular weight excluding hydrogens is 338 g/mol. The smallest absolute Gasteiger partial charge is 0.277 e. The highest BCUT2D eigenvalue weighted by Crippen LogP contribution is 2.27. The fourth-order valence-electron chi connectivity index (χ4n) is 2.88. The predicted octanol–water partition coefficient (Wildman–Crippen LogP) is 3.67. The molecule has 1 amide bonds. The van der Waals surface area contributed by atoms with Gasteiger partial charge in [0.25, 0.3) is 5.22 Å². The Morgan fingerprint density at radius 2 is 1.96 bits per heavy atom. The minimum Gasteiger partial charge on any atom is -0.497 e. The van der Waals surface area contributed by atoms with Crippen LogP contribution in [0.2, 0.25) is 0 Å². The van der Waals surface area contributed by atoms with Crippen molar-refractivity contribution in [1.29, 1.82) is 0 Å². The van der Waals surface area contributed by atoms with Crippen LogP contribution >= 0.6 is 11.8 Å². The topological polar surface area (TPSA) is 77.2 Å². The highest BCUT2D eigenvalue weighted by atomic mass is 32.2. The highest BCUT2D eigenvalue weighted by Gasteiger charge is 2.22. The Morgan fingerprint density at radius 1 is 1.24 bits per heavy atom. The van der Waals surface area contributed by atoms with E-state index in [4.69, 9.17) is 9.15 Å². The average Bonchev–Trinajstić information content (AvgIpc) is 3.11. The first-order chi connectivity index (χ1) is 12.2. The highest BCUT2D eigenvalue weighted by molar-refractivity contribution is 8.00. The van der Waals surface area contributed by atoms with E-state index >= 15 is 0 Å². The first kappa shape index (κ1) is 17.8. The summed E-state index contributed by atoms with van der Waals surface area (Å²) >= 11 is 1.29. The molecule has 1 aliphatic carbocycles. The van der Waals surface area contributed by atoms with E-state index in [1.807, 2.05) is 31.2 Å². The van der Waals surface area contributed by atoms with Gasteiger partial charge in [0, 0.05) is 11.6 Å². The molecule has 1 unspecified atom stereocenters. The van der Waals surface area contributed by atoms with Crippen LogP contribution in [0.5, 0.6) is 5.75 Å². The minimum absolute atomic E-state index is 0.0288. The van der Waals surface area contributed by atoms with Crippen LogP contribution in [0.3, 0.4) is 0 Å². The number of ether oxygens (including phenoxy) is 1. The van der Waals surface area contributed by atoms with Crippen molar-refractivity contribution in [2.45, 2.75) is 55.5 Å². The third-order valence-electron chi connectivity index (χ3n) is 4.34. The molecule has 3 rings (SSSR count). The van der Waals surface area contributed by atoms with Gasteiger partial charge in [-0.25, -0.2) is 0 Å². The van der Waals surface area contributed by atoms with Gasteiger partial charge in [-0.2, -0.15) is 0 Å². The van der Waals surface area contributed by atoms with Crippen LogP contribution in [-0.4, -0.2) is 34.5 Å². The van der Waals surface area contributed by atoms with Crippen LogP contribution in [0.15, 0.2) is 33.9 Å². The Morgan fingerprint density at radius 3 is 2.64 bits per heavy atom. The monoisotopic (exact) mass is 361 g/mol. The third kappa shape index (κ3) is 4.75. The molecule has 0 radical (unpaired) electrons. The predicted molar refractivity (Wildman–Crippen MR) is 96.6 cm³/mol. The summed E-state index contributed by atoms with van der Waals surface area (Å²) in [5.41, 5.74) is 0.819. The molecule has 6 nitrogen and oxygen atoms in total. The van der Waals surface area contributed by atoms with Crippen molar-refractivity contribution in [2.75, 3.05) is 7.11 Å². The zero-order valence-electron chi connectivity index (χ0n) is 14.5. The number of methoxy groups -OCH3 is 1. The largest absolute Gasteiger partial charge is 0.497 e. The Hall–Kier alpha value is -2.02. The molecule has 0 bridgehead atoms. The second-order valence-electron chi connectivity index (χ2n) is 6.21. The van der Waals surface area contributed by atoms with Crippen LogP contribution in [0, 0.1) is 0 Å². The maximum Gasteiger partial charge on any atom is 0.277 e. The summed E-state index contributed by atoms with van der Waals surface area (Å²) in [6.45, 7) is 1.86. The molecular formula is C18H23N3O3S. The molecule has 134 valence electrons. The summed E-state index contributed by atoms with van der Waals surface area (Å²) in [6.07, 6.45) is 5.81. The van der Waals surface area contributed by atoms with Gasteiger partial charge < -0.3 is 14.5 Å². The van der Waals surface area contributed by atoms with E-state index in [9.17, 15) is 4.79 Å². The van der Waals surface area contributed by atoms with E-state index < -0.39 is 0 Å². The molecule has 0 saturated heterocycles. The van der Waals surface area contributed by atoms with E-state index in [2.05, 4.69) is 15.5 Å². The van der Waals surface area contributed by atoms with Crippen LogP contribution < -0.4 is 10.1 Å². The summed E-state index contributed by atoms with van der Waals surface area (Å²) in [5.74, 6) is 1.23. The third-order valence-corrected chi connectivity index (χ3v) is 5.28. The molecule has 25 heavy (non-hydrogen) atoms. The molecule has 7 heteroatoms. The number of benzene rings is 1. The Bertz CT molecular complexity index is 696. The summed E-state index contributed by atoms with van der Waals surface area (Å²) in [7, 11) is 1.62. The second-order valence-corrected chi connectivity index (χ2v) is 7.50. The van der Waals surface area contributed by atoms with E-state index in [1.54, 1.807) is 7.11 Å². The number of carbonyl (C=O) groups is 1. The lowest BCUT2D eigenvalue weighted by molar-refractivity contribution is -0.121. The molecule has 1 aromatic heterocycles. The molecule has 1 saturated carbocycles. The molecule has 1 N–H and O–H groups in total. The van der Waals surface area contributed by atoms with Gasteiger partial charge in [-0.15, -0.1) is 10.2 Å². The molecule has 1 aromatic carbocycles. The number of thioether (sulfide) groups is 1. The lowest BCUT2D eigenvalue weighted by Gasteiger charge is -2.23. The molecule has 0 aliphatic heterocycles. The van der Waals surface area contributed by atoms with Crippen molar-refractivity contribution >= 4 is 17.7 Å². The van der Waals surface area contributed by atoms with Gasteiger partial charge >= 0.3 is 0 Å². The summed E-state index contributed by atoms with van der Waals surface area (Å²) in [5, 5.41) is 11.4. The average molecular weight is 361 g/mol. The number of amides is 1. The fraction of sp³-hybridized carbons (Fsp3) is 0.500. The number of carbonyl (C=O) groups excluding carboxylic acids is 1. The van der Waals surface area contributed by atoms with Crippen LogP contribution in [0.25, 0.3) is 11.5 Å². The molecule has 1 heterocycles. The molecule has 1 atom stereocenters. The maximum atomic E-state index is 12.3. The van der Waals surface area contributed by atoms with Crippen LogP contribution in [0.1, 0.15) is 39.0 Å². The van der Waals surface area contributed by atoms with Gasteiger partial charge in [0.1, 0.15) is 5.75 Å². The standard InChI is InChI=1S/C18H23N3O3S/c1-12(16(22)19-14-6-4-3-5-7-14)25-18-21-20-17(24-18)13-8-10-15(23-2)11-9-13/h8-12,14H,3-7H2,1-2H3,(H,19,22). The van der Waals surface area contributed by atoms with E-state index in [0.29, 0.717) is 17.2 Å². The Balaban J connectivity index is 1.57. The van der Waals surface area contributed by atoms with Crippen molar-refractivity contribution < 1.29 is 13.9 Å². The fourth-order valence-corrected chi connectivity index (χ4v) is 3.57. The normalized spacial score (nSPS) is 16.4. The lowest BCUT2D eigenvalue weighted by Crippen LogP contribution is -2.40. The van der Waals surface area contributed by atoms with Crippen molar-refractivity contribution in [2.24, 2.45) is 0 Å². The van der Waals surface area contributed by atoms with Crippen molar-refractivity contribution in [3.8, 4) is 17.2 Å². The molecule has 2 aromatic rings. The quantitative estimate of drug-likeness (QED) is 0.791. The van der Waals surface area contributed by atoms with Crippen LogP contribution in [-0.2, 0) is 4.79 Å². The zero-order valence-corrected chi connectivity index (χ0v) is 15.3. The summed E-state index contributed by atoms with van der Waals surface area (Å²) in [4.78, 5) is 12.3. The van der Waals surface area contributed by atoms with Gasteiger partial charge in [-0.3, -0.25) is 4.79 Å². The van der Waals surface area contributed by atoms with E-state index in [-0.39, 0.29) is 11.2 Å². The van der Waals surface area contributed by atoms with E-state index in [0.717, 1.165) is 24.2 Å². The van der Waals surface area contributed by atoms with Gasteiger partial charge in [0.2, 0.25) is 11.8 Å². The minimum atomic E-state index is -0.272. The number of aromatic nitrogens is 2. The Labute approximate surface area is 151 Å². The van der Waals surface area contributed by atoms with Gasteiger partial charge in [-0.05, 0) is 44.0 Å². The number of hydrogen-bond donors (Lipinski definition) is 1. The first-order valence-electron chi connectivity index (χ1n) is 8.60. The van der Waals surface area contributed by atoms with Crippen molar-refractivity contribution in [3.05, 3.63) is 24.3 Å². The maximum absolute atomic E-state index is 12.3. The van der Waals surface area contributed by atoms with Gasteiger partial charge in [-0.1, -0.05) is 31.0 Å². The van der Waals surface area contributed by atoms with Gasteiger partial charge in [0.05, 0.1) is 12.4 Å². The molecule has 1 fully saturated rings. The first-order valence-corrected chi connectivity index (χ1v) is 9.48. The van der Waals surface area contributed by atoms with Crippen LogP contribution in [0.4, 0.5) is 0 Å². The zero-order chi connectivity index (χ0) is 17.6. The number of nitrogens with zero attached hydrogens (tertiary/aromatic N) is 2. The number of hydrogen-bond acceptors (Lipinski definition) is 6. The molecule has 0 spiro atoms. The Kier molecular flexibility index (Phi) is 5.96. The number of nitrogens with one attached hydrogen (secondary N) is 1.